The predicted octanol–water partition coefficient (Wildman–Crippen LogP) is 0.271. The number of esters is 3. The maximum absolute atomic E-state index is 11.5. The fourth-order valence-electron chi connectivity index (χ4n) is 2.46. The van der Waals surface area contributed by atoms with Crippen molar-refractivity contribution in [3.05, 3.63) is 0 Å². The Morgan fingerprint density at radius 2 is 1.64 bits per heavy atom. The van der Waals surface area contributed by atoms with Gasteiger partial charge in [0.25, 0.3) is 0 Å². The molecule has 0 aromatic heterocycles. The number of alkyl halides is 1. The minimum atomic E-state index is -1.05. The van der Waals surface area contributed by atoms with Crippen LogP contribution in [0, 0.1) is 0 Å². The lowest BCUT2D eigenvalue weighted by Gasteiger charge is -2.29. The predicted molar refractivity (Wildman–Crippen MR) is 84.5 cm³/mol. The van der Waals surface area contributed by atoms with E-state index in [9.17, 15) is 19.2 Å². The summed E-state index contributed by atoms with van der Waals surface area (Å²) in [4.78, 5) is 45.3. The molecule has 25 heavy (non-hydrogen) atoms. The number of ether oxygens (including phenoxy) is 4. The first-order valence-corrected chi connectivity index (χ1v) is 8.08. The Balaban J connectivity index is 3.12. The molecular weight excluding hydrogens is 358 g/mol. The average molecular weight is 380 g/mol. The third-order valence-corrected chi connectivity index (χ3v) is 3.71. The molecule has 0 aromatic carbocycles. The second-order valence-electron chi connectivity index (χ2n) is 5.59. The molecule has 10 heteroatoms. The fraction of sp³-hybridized carbons (Fsp3) is 0.733. The van der Waals surface area contributed by atoms with Gasteiger partial charge in [-0.3, -0.25) is 19.2 Å². The second kappa shape index (κ2) is 9.57. The van der Waals surface area contributed by atoms with E-state index in [2.05, 4.69) is 5.32 Å². The van der Waals surface area contributed by atoms with E-state index in [0.717, 1.165) is 0 Å². The van der Waals surface area contributed by atoms with Crippen LogP contribution in [0.3, 0.4) is 0 Å². The highest BCUT2D eigenvalue weighted by Crippen LogP contribution is 2.27. The zero-order chi connectivity index (χ0) is 19.1. The van der Waals surface area contributed by atoms with Gasteiger partial charge in [-0.2, -0.15) is 0 Å². The highest BCUT2D eigenvalue weighted by Gasteiger charge is 2.44. The molecule has 9 nitrogen and oxygen atoms in total. The summed E-state index contributed by atoms with van der Waals surface area (Å²) in [6, 6.07) is -0.705. The normalized spacial score (nSPS) is 29.1. The van der Waals surface area contributed by atoms with Gasteiger partial charge < -0.3 is 24.3 Å². The second-order valence-corrected chi connectivity index (χ2v) is 6.02. The molecular formula is C15H22ClNO8. The lowest BCUT2D eigenvalue weighted by atomic mass is 10.0. The van der Waals surface area contributed by atoms with Crippen molar-refractivity contribution in [2.24, 2.45) is 0 Å². The smallest absolute Gasteiger partial charge is 0.303 e. The molecule has 1 rings (SSSR count). The van der Waals surface area contributed by atoms with Gasteiger partial charge in [-0.25, -0.2) is 0 Å². The average Bonchev–Trinajstić information content (AvgIpc) is 2.55. The molecule has 0 saturated carbocycles. The van der Waals surface area contributed by atoms with Crippen molar-refractivity contribution in [1.82, 2.24) is 5.32 Å². The molecule has 0 radical (unpaired) electrons. The molecule has 1 N–H and O–H groups in total. The summed E-state index contributed by atoms with van der Waals surface area (Å²) >= 11 is 6.19. The van der Waals surface area contributed by atoms with Crippen LogP contribution in [0.2, 0.25) is 0 Å². The van der Waals surface area contributed by atoms with Gasteiger partial charge in [-0.05, 0) is 0 Å². The number of hydrogen-bond donors (Lipinski definition) is 1. The Morgan fingerprint density at radius 1 is 1.04 bits per heavy atom. The number of amides is 1. The molecule has 0 aliphatic carbocycles. The van der Waals surface area contributed by atoms with E-state index in [1.807, 2.05) is 0 Å². The first kappa shape index (κ1) is 21.2. The molecule has 1 aliphatic rings. The molecule has 1 fully saturated rings. The van der Waals surface area contributed by atoms with Crippen LogP contribution in [-0.2, 0) is 38.1 Å². The number of rotatable bonds is 5. The van der Waals surface area contributed by atoms with Gasteiger partial charge in [-0.1, -0.05) is 11.6 Å². The summed E-state index contributed by atoms with van der Waals surface area (Å²) in [7, 11) is 0. The minimum Gasteiger partial charge on any atom is -0.463 e. The van der Waals surface area contributed by atoms with Crippen LogP contribution >= 0.6 is 11.6 Å². The van der Waals surface area contributed by atoms with Crippen LogP contribution in [0.4, 0.5) is 0 Å². The van der Waals surface area contributed by atoms with Crippen LogP contribution in [0.1, 0.15) is 34.1 Å². The lowest BCUT2D eigenvalue weighted by molar-refractivity contribution is -0.181. The Kier molecular flexibility index (Phi) is 8.11. The molecule has 1 amide bonds. The molecule has 142 valence electrons. The standard InChI is InChI=1S/C15H22ClNO8/c1-7(18)17-11-5-12(23-9(3)20)14(24-10(4)21)13(25-15(11)16)6-22-8(2)19/h11-15H,5-6H2,1-4H3,(H,17,18)/t11?,12?,13?,14-,15+/m0/s1. The van der Waals surface area contributed by atoms with E-state index in [4.69, 9.17) is 30.5 Å². The molecule has 0 spiro atoms. The molecule has 1 saturated heterocycles. The maximum Gasteiger partial charge on any atom is 0.303 e. The molecule has 0 bridgehead atoms. The Bertz CT molecular complexity index is 526. The zero-order valence-corrected chi connectivity index (χ0v) is 15.2. The van der Waals surface area contributed by atoms with Crippen LogP contribution in [0.15, 0.2) is 0 Å². The first-order valence-electron chi connectivity index (χ1n) is 7.64. The van der Waals surface area contributed by atoms with Crippen LogP contribution < -0.4 is 5.32 Å². The van der Waals surface area contributed by atoms with Crippen molar-refractivity contribution in [2.45, 2.75) is 64.0 Å². The number of nitrogens with one attached hydrogen (secondary N) is 1. The Morgan fingerprint density at radius 3 is 2.12 bits per heavy atom. The molecule has 1 heterocycles. The van der Waals surface area contributed by atoms with Crippen molar-refractivity contribution in [1.29, 1.82) is 0 Å². The van der Waals surface area contributed by atoms with E-state index in [1.54, 1.807) is 0 Å². The van der Waals surface area contributed by atoms with Crippen molar-refractivity contribution in [2.75, 3.05) is 6.61 Å². The van der Waals surface area contributed by atoms with Gasteiger partial charge in [0.05, 0.1) is 6.04 Å². The van der Waals surface area contributed by atoms with Crippen LogP contribution in [0.5, 0.6) is 0 Å². The van der Waals surface area contributed by atoms with E-state index in [0.29, 0.717) is 0 Å². The summed E-state index contributed by atoms with van der Waals surface area (Å²) in [5, 5.41) is 2.60. The summed E-state index contributed by atoms with van der Waals surface area (Å²) < 4.78 is 21.0. The summed E-state index contributed by atoms with van der Waals surface area (Å²) in [6.07, 6.45) is -2.91. The van der Waals surface area contributed by atoms with Gasteiger partial charge in [0.2, 0.25) is 5.91 Å². The number of carbonyl (C=O) groups excluding carboxylic acids is 4. The third kappa shape index (κ3) is 7.27. The van der Waals surface area contributed by atoms with Crippen molar-refractivity contribution in [3.63, 3.8) is 0 Å². The Labute approximate surface area is 150 Å². The SMILES string of the molecule is CC(=O)NC1CC(OC(C)=O)[C@H](OC(C)=O)C(COC(C)=O)O[C@H]1Cl. The van der Waals surface area contributed by atoms with Gasteiger partial charge in [0.15, 0.2) is 11.7 Å². The number of carbonyl (C=O) groups is 4. The Hall–Kier alpha value is -1.87. The third-order valence-electron chi connectivity index (χ3n) is 3.30. The van der Waals surface area contributed by atoms with Crippen LogP contribution in [-0.4, -0.2) is 60.3 Å². The number of halogens is 1. The maximum atomic E-state index is 11.5. The van der Waals surface area contributed by atoms with E-state index < -0.39 is 47.8 Å². The quantitative estimate of drug-likeness (QED) is 0.411. The molecule has 5 atom stereocenters. The monoisotopic (exact) mass is 379 g/mol. The van der Waals surface area contributed by atoms with Gasteiger partial charge in [-0.15, -0.1) is 0 Å². The largest absolute Gasteiger partial charge is 0.463 e. The number of hydrogen-bond acceptors (Lipinski definition) is 8. The van der Waals surface area contributed by atoms with Gasteiger partial charge in [0.1, 0.15) is 18.8 Å². The van der Waals surface area contributed by atoms with Crippen molar-refractivity contribution >= 4 is 35.4 Å². The highest BCUT2D eigenvalue weighted by molar-refractivity contribution is 6.20. The van der Waals surface area contributed by atoms with Crippen LogP contribution in [0.25, 0.3) is 0 Å². The minimum absolute atomic E-state index is 0.0574. The van der Waals surface area contributed by atoms with E-state index >= 15 is 0 Å². The first-order chi connectivity index (χ1) is 11.6. The molecule has 3 unspecified atom stereocenters. The van der Waals surface area contributed by atoms with E-state index in [1.165, 1.54) is 27.7 Å². The fourth-order valence-corrected chi connectivity index (χ4v) is 2.76. The molecule has 0 aromatic rings. The van der Waals surface area contributed by atoms with E-state index in [-0.39, 0.29) is 18.9 Å². The van der Waals surface area contributed by atoms with Crippen molar-refractivity contribution in [3.8, 4) is 0 Å². The highest BCUT2D eigenvalue weighted by atomic mass is 35.5. The zero-order valence-electron chi connectivity index (χ0n) is 14.4. The van der Waals surface area contributed by atoms with Gasteiger partial charge >= 0.3 is 17.9 Å². The summed E-state index contributed by atoms with van der Waals surface area (Å²) in [5.74, 6) is -2.17. The lowest BCUT2D eigenvalue weighted by Crippen LogP contribution is -2.46. The summed E-state index contributed by atoms with van der Waals surface area (Å²) in [6.45, 7) is 4.63. The summed E-state index contributed by atoms with van der Waals surface area (Å²) in [5.41, 5.74) is -1.01. The van der Waals surface area contributed by atoms with Crippen molar-refractivity contribution < 1.29 is 38.1 Å². The van der Waals surface area contributed by atoms with Gasteiger partial charge in [0, 0.05) is 34.1 Å². The molecule has 1 aliphatic heterocycles. The topological polar surface area (TPSA) is 117 Å².